The van der Waals surface area contributed by atoms with E-state index in [-0.39, 0.29) is 0 Å². The van der Waals surface area contributed by atoms with Crippen LogP contribution in [0.15, 0.2) is 36.5 Å². The molecule has 3 nitrogen and oxygen atoms in total. The summed E-state index contributed by atoms with van der Waals surface area (Å²) in [6.07, 6.45) is 5.31. The molecule has 0 aliphatic carbocycles. The monoisotopic (exact) mass is 268 g/mol. The van der Waals surface area contributed by atoms with E-state index in [0.29, 0.717) is 18.1 Å². The van der Waals surface area contributed by atoms with Crippen molar-refractivity contribution in [3.63, 3.8) is 0 Å². The Morgan fingerprint density at radius 3 is 2.85 bits per heavy atom. The Hall–Kier alpha value is -1.74. The normalized spacial score (nSPS) is 16.4. The summed E-state index contributed by atoms with van der Waals surface area (Å²) in [5.74, 6) is 0.921. The van der Waals surface area contributed by atoms with Gasteiger partial charge in [-0.3, -0.25) is 9.78 Å². The number of carbonyl (C=O) groups is 1. The van der Waals surface area contributed by atoms with Crippen LogP contribution in [0.5, 0.6) is 0 Å². The number of Topliss-reactive ketones (excluding diaryl/α,β-unsaturated/α-hetero) is 1. The number of nitrogens with zero attached hydrogens (tertiary/aromatic N) is 1. The summed E-state index contributed by atoms with van der Waals surface area (Å²) < 4.78 is 0. The van der Waals surface area contributed by atoms with Gasteiger partial charge in [0.05, 0.1) is 5.52 Å². The average Bonchev–Trinajstić information content (AvgIpc) is 2.48. The van der Waals surface area contributed by atoms with E-state index in [1.807, 2.05) is 24.3 Å². The van der Waals surface area contributed by atoms with Crippen molar-refractivity contribution in [1.82, 2.24) is 10.3 Å². The Morgan fingerprint density at radius 2 is 2.00 bits per heavy atom. The van der Waals surface area contributed by atoms with E-state index in [2.05, 4.69) is 16.4 Å². The van der Waals surface area contributed by atoms with Gasteiger partial charge in [-0.1, -0.05) is 18.2 Å². The molecule has 2 aromatic rings. The Bertz CT molecular complexity index is 597. The van der Waals surface area contributed by atoms with Crippen molar-refractivity contribution in [2.75, 3.05) is 13.1 Å². The minimum Gasteiger partial charge on any atom is -0.317 e. The molecule has 20 heavy (non-hydrogen) atoms. The quantitative estimate of drug-likeness (QED) is 0.927. The van der Waals surface area contributed by atoms with Crippen LogP contribution in [0.2, 0.25) is 0 Å². The number of ketones is 1. The summed E-state index contributed by atoms with van der Waals surface area (Å²) in [7, 11) is 0. The van der Waals surface area contributed by atoms with Crippen LogP contribution in [-0.4, -0.2) is 23.9 Å². The van der Waals surface area contributed by atoms with Crippen molar-refractivity contribution < 1.29 is 4.79 Å². The molecule has 3 rings (SSSR count). The number of carbonyl (C=O) groups excluding carboxylic acids is 1. The molecule has 1 aromatic carbocycles. The number of aromatic nitrogens is 1. The van der Waals surface area contributed by atoms with Gasteiger partial charge >= 0.3 is 0 Å². The molecule has 1 N–H and O–H groups in total. The first-order valence-corrected chi connectivity index (χ1v) is 7.38. The third kappa shape index (κ3) is 3.05. The van der Waals surface area contributed by atoms with Gasteiger partial charge in [0, 0.05) is 24.4 Å². The van der Waals surface area contributed by atoms with Crippen LogP contribution in [-0.2, 0) is 11.2 Å². The molecule has 0 radical (unpaired) electrons. The molecule has 1 aliphatic rings. The standard InChI is InChI=1S/C17H20N2O/c20-15(11-13-5-8-18-9-6-13)12-14-7-10-19-17-4-2-1-3-16(14)17/h1-4,7,10,13,18H,5-6,8-9,11-12H2. The maximum absolute atomic E-state index is 12.3. The van der Waals surface area contributed by atoms with Gasteiger partial charge in [0.25, 0.3) is 0 Å². The number of hydrogen-bond acceptors (Lipinski definition) is 3. The van der Waals surface area contributed by atoms with Crippen LogP contribution < -0.4 is 5.32 Å². The summed E-state index contributed by atoms with van der Waals surface area (Å²) in [5.41, 5.74) is 2.08. The van der Waals surface area contributed by atoms with Gasteiger partial charge in [-0.2, -0.15) is 0 Å². The predicted octanol–water partition coefficient (Wildman–Crippen LogP) is 2.74. The van der Waals surface area contributed by atoms with Crippen molar-refractivity contribution in [2.45, 2.75) is 25.7 Å². The zero-order valence-electron chi connectivity index (χ0n) is 11.6. The van der Waals surface area contributed by atoms with Crippen molar-refractivity contribution in [3.05, 3.63) is 42.1 Å². The van der Waals surface area contributed by atoms with Gasteiger partial charge in [-0.25, -0.2) is 0 Å². The van der Waals surface area contributed by atoms with Crippen molar-refractivity contribution in [2.24, 2.45) is 5.92 Å². The SMILES string of the molecule is O=C(Cc1ccnc2ccccc12)CC1CCNCC1. The van der Waals surface area contributed by atoms with Crippen LogP contribution in [0.25, 0.3) is 10.9 Å². The third-order valence-electron chi connectivity index (χ3n) is 4.10. The van der Waals surface area contributed by atoms with E-state index in [4.69, 9.17) is 0 Å². The van der Waals surface area contributed by atoms with Crippen LogP contribution >= 0.6 is 0 Å². The molecule has 0 amide bonds. The number of pyridine rings is 1. The second-order valence-corrected chi connectivity index (χ2v) is 5.60. The van der Waals surface area contributed by atoms with Gasteiger partial charge in [-0.05, 0) is 49.5 Å². The number of nitrogens with one attached hydrogen (secondary N) is 1. The molecule has 104 valence electrons. The number of benzene rings is 1. The first-order chi connectivity index (χ1) is 9.83. The van der Waals surface area contributed by atoms with E-state index in [1.165, 1.54) is 0 Å². The largest absolute Gasteiger partial charge is 0.317 e. The molecule has 2 heterocycles. The van der Waals surface area contributed by atoms with E-state index in [0.717, 1.165) is 48.8 Å². The van der Waals surface area contributed by atoms with Gasteiger partial charge in [0.2, 0.25) is 0 Å². The molecule has 1 fully saturated rings. The Morgan fingerprint density at radius 1 is 1.20 bits per heavy atom. The maximum atomic E-state index is 12.3. The highest BCUT2D eigenvalue weighted by Gasteiger charge is 2.17. The van der Waals surface area contributed by atoms with E-state index >= 15 is 0 Å². The summed E-state index contributed by atoms with van der Waals surface area (Å²) >= 11 is 0. The molecule has 1 saturated heterocycles. The highest BCUT2D eigenvalue weighted by atomic mass is 16.1. The van der Waals surface area contributed by atoms with Gasteiger partial charge in [0.1, 0.15) is 5.78 Å². The van der Waals surface area contributed by atoms with Crippen molar-refractivity contribution >= 4 is 16.7 Å². The summed E-state index contributed by atoms with van der Waals surface area (Å²) in [6, 6.07) is 10.0. The van der Waals surface area contributed by atoms with Gasteiger partial charge in [0.15, 0.2) is 0 Å². The zero-order valence-corrected chi connectivity index (χ0v) is 11.6. The van der Waals surface area contributed by atoms with E-state index < -0.39 is 0 Å². The number of rotatable bonds is 4. The summed E-state index contributed by atoms with van der Waals surface area (Å²) in [5, 5.41) is 4.45. The van der Waals surface area contributed by atoms with Crippen LogP contribution in [0.3, 0.4) is 0 Å². The zero-order chi connectivity index (χ0) is 13.8. The molecule has 1 aromatic heterocycles. The molecule has 0 atom stereocenters. The Balaban J connectivity index is 1.71. The van der Waals surface area contributed by atoms with E-state index in [9.17, 15) is 4.79 Å². The topological polar surface area (TPSA) is 42.0 Å². The maximum Gasteiger partial charge on any atom is 0.137 e. The third-order valence-corrected chi connectivity index (χ3v) is 4.10. The van der Waals surface area contributed by atoms with Crippen LogP contribution in [0, 0.1) is 5.92 Å². The van der Waals surface area contributed by atoms with Crippen molar-refractivity contribution in [3.8, 4) is 0 Å². The first kappa shape index (κ1) is 13.3. The number of piperidine rings is 1. The summed E-state index contributed by atoms with van der Waals surface area (Å²) in [4.78, 5) is 16.6. The average molecular weight is 268 g/mol. The molecular formula is C17H20N2O. The smallest absolute Gasteiger partial charge is 0.137 e. The lowest BCUT2D eigenvalue weighted by atomic mass is 9.90. The lowest BCUT2D eigenvalue weighted by molar-refractivity contribution is -0.119. The second kappa shape index (κ2) is 6.14. The fourth-order valence-electron chi connectivity index (χ4n) is 3.00. The van der Waals surface area contributed by atoms with Gasteiger partial charge < -0.3 is 5.32 Å². The molecule has 0 saturated carbocycles. The fraction of sp³-hybridized carbons (Fsp3) is 0.412. The molecule has 3 heteroatoms. The lowest BCUT2D eigenvalue weighted by Gasteiger charge is -2.21. The summed E-state index contributed by atoms with van der Waals surface area (Å²) in [6.45, 7) is 2.10. The predicted molar refractivity (Wildman–Crippen MR) is 80.7 cm³/mol. The lowest BCUT2D eigenvalue weighted by Crippen LogP contribution is -2.29. The minimum atomic E-state index is 0.355. The molecule has 1 aliphatic heterocycles. The van der Waals surface area contributed by atoms with E-state index in [1.54, 1.807) is 6.20 Å². The molecule has 0 unspecified atom stereocenters. The molecular weight excluding hydrogens is 248 g/mol. The van der Waals surface area contributed by atoms with Gasteiger partial charge in [-0.15, -0.1) is 0 Å². The Kier molecular flexibility index (Phi) is 4.07. The fourth-order valence-corrected chi connectivity index (χ4v) is 3.00. The number of para-hydroxylation sites is 1. The minimum absolute atomic E-state index is 0.355. The van der Waals surface area contributed by atoms with Crippen LogP contribution in [0.1, 0.15) is 24.8 Å². The molecule has 0 spiro atoms. The number of fused-ring (bicyclic) bond motifs is 1. The second-order valence-electron chi connectivity index (χ2n) is 5.60. The van der Waals surface area contributed by atoms with Crippen molar-refractivity contribution in [1.29, 1.82) is 0 Å². The highest BCUT2D eigenvalue weighted by molar-refractivity contribution is 5.88. The Labute approximate surface area is 119 Å². The first-order valence-electron chi connectivity index (χ1n) is 7.38. The molecule has 0 bridgehead atoms. The van der Waals surface area contributed by atoms with Crippen LogP contribution in [0.4, 0.5) is 0 Å². The highest BCUT2D eigenvalue weighted by Crippen LogP contribution is 2.20. The number of hydrogen-bond donors (Lipinski definition) is 1.